The van der Waals surface area contributed by atoms with E-state index in [1.165, 1.54) is 6.42 Å². The van der Waals surface area contributed by atoms with Gasteiger partial charge in [0, 0.05) is 18.3 Å². The lowest BCUT2D eigenvalue weighted by Crippen LogP contribution is -2.45. The Bertz CT molecular complexity index is 209. The first-order valence-corrected chi connectivity index (χ1v) is 5.52. The van der Waals surface area contributed by atoms with Gasteiger partial charge in [0.25, 0.3) is 0 Å². The van der Waals surface area contributed by atoms with E-state index in [0.717, 1.165) is 25.5 Å². The smallest absolute Gasteiger partial charge is 0.171 e. The molecule has 2 rings (SSSR count). The number of aldehydes is 1. The van der Waals surface area contributed by atoms with Crippen LogP contribution in [0.4, 0.5) is 0 Å². The average molecular weight is 198 g/mol. The zero-order chi connectivity index (χ0) is 10.0. The number of carbonyl (C=O) groups excluding carboxylic acids is 1. The highest BCUT2D eigenvalue weighted by molar-refractivity contribution is 5.53. The van der Waals surface area contributed by atoms with Crippen LogP contribution in [0.1, 0.15) is 32.6 Å². The number of hydrogen-bond acceptors (Lipinski definition) is 3. The molecule has 0 N–H and O–H groups in total. The fourth-order valence-electron chi connectivity index (χ4n) is 2.73. The second-order valence-electron chi connectivity index (χ2n) is 4.36. The molecule has 0 aromatic heterocycles. The first-order chi connectivity index (χ1) is 6.78. The topological polar surface area (TPSA) is 35.5 Å². The van der Waals surface area contributed by atoms with E-state index in [-0.39, 0.29) is 11.8 Å². The number of rotatable bonds is 2. The highest BCUT2D eigenvalue weighted by atomic mass is 16.7. The third-order valence-electron chi connectivity index (χ3n) is 3.48. The van der Waals surface area contributed by atoms with Gasteiger partial charge in [0.2, 0.25) is 0 Å². The van der Waals surface area contributed by atoms with E-state index in [9.17, 15) is 4.79 Å². The van der Waals surface area contributed by atoms with E-state index in [2.05, 4.69) is 0 Å². The SMILES string of the molecule is CC(C=O)C1CCCCC12OCCO2. The first-order valence-electron chi connectivity index (χ1n) is 5.52. The second-order valence-corrected chi connectivity index (χ2v) is 4.36. The molecule has 1 aliphatic heterocycles. The van der Waals surface area contributed by atoms with Gasteiger partial charge in [-0.3, -0.25) is 0 Å². The summed E-state index contributed by atoms with van der Waals surface area (Å²) >= 11 is 0. The predicted octanol–water partition coefficient (Wildman–Crippen LogP) is 1.75. The molecule has 0 radical (unpaired) electrons. The molecule has 1 aliphatic carbocycles. The Balaban J connectivity index is 2.13. The van der Waals surface area contributed by atoms with Gasteiger partial charge in [-0.25, -0.2) is 0 Å². The van der Waals surface area contributed by atoms with Crippen LogP contribution in [-0.2, 0) is 14.3 Å². The van der Waals surface area contributed by atoms with Gasteiger partial charge < -0.3 is 14.3 Å². The lowest BCUT2D eigenvalue weighted by atomic mass is 9.76. The van der Waals surface area contributed by atoms with Crippen molar-refractivity contribution in [2.24, 2.45) is 11.8 Å². The van der Waals surface area contributed by atoms with Gasteiger partial charge in [-0.2, -0.15) is 0 Å². The lowest BCUT2D eigenvalue weighted by molar-refractivity contribution is -0.221. The van der Waals surface area contributed by atoms with Crippen molar-refractivity contribution in [2.45, 2.75) is 38.4 Å². The maximum absolute atomic E-state index is 10.8. The summed E-state index contributed by atoms with van der Waals surface area (Å²) in [4.78, 5) is 10.8. The molecule has 2 atom stereocenters. The van der Waals surface area contributed by atoms with Gasteiger partial charge in [-0.15, -0.1) is 0 Å². The minimum absolute atomic E-state index is 0.0494. The van der Waals surface area contributed by atoms with Crippen LogP contribution in [0.15, 0.2) is 0 Å². The van der Waals surface area contributed by atoms with Crippen LogP contribution in [0.2, 0.25) is 0 Å². The molecule has 2 unspecified atom stereocenters. The highest BCUT2D eigenvalue weighted by Crippen LogP contribution is 2.43. The Morgan fingerprint density at radius 3 is 2.71 bits per heavy atom. The van der Waals surface area contributed by atoms with Gasteiger partial charge in [-0.1, -0.05) is 13.3 Å². The van der Waals surface area contributed by atoms with Crippen molar-refractivity contribution < 1.29 is 14.3 Å². The summed E-state index contributed by atoms with van der Waals surface area (Å²) < 4.78 is 11.5. The van der Waals surface area contributed by atoms with E-state index < -0.39 is 5.79 Å². The van der Waals surface area contributed by atoms with Crippen LogP contribution in [0.5, 0.6) is 0 Å². The van der Waals surface area contributed by atoms with E-state index >= 15 is 0 Å². The molecule has 0 aromatic rings. The van der Waals surface area contributed by atoms with Crippen molar-refractivity contribution in [2.75, 3.05) is 13.2 Å². The van der Waals surface area contributed by atoms with Crippen molar-refractivity contribution in [3.8, 4) is 0 Å². The Labute approximate surface area is 84.8 Å². The van der Waals surface area contributed by atoms with Crippen LogP contribution >= 0.6 is 0 Å². The largest absolute Gasteiger partial charge is 0.347 e. The first kappa shape index (κ1) is 10.1. The summed E-state index contributed by atoms with van der Waals surface area (Å²) in [5, 5.41) is 0. The van der Waals surface area contributed by atoms with Gasteiger partial charge in [-0.05, 0) is 12.8 Å². The predicted molar refractivity (Wildman–Crippen MR) is 51.8 cm³/mol. The Hall–Kier alpha value is -0.410. The molecule has 1 saturated carbocycles. The van der Waals surface area contributed by atoms with Crippen molar-refractivity contribution in [3.63, 3.8) is 0 Å². The highest BCUT2D eigenvalue weighted by Gasteiger charge is 2.47. The van der Waals surface area contributed by atoms with Crippen LogP contribution in [0.3, 0.4) is 0 Å². The molecule has 14 heavy (non-hydrogen) atoms. The molecule has 1 heterocycles. The van der Waals surface area contributed by atoms with Crippen molar-refractivity contribution >= 4 is 6.29 Å². The van der Waals surface area contributed by atoms with E-state index in [1.807, 2.05) is 6.92 Å². The zero-order valence-electron chi connectivity index (χ0n) is 8.70. The quantitative estimate of drug-likeness (QED) is 0.634. The van der Waals surface area contributed by atoms with Gasteiger partial charge >= 0.3 is 0 Å². The minimum atomic E-state index is -0.418. The standard InChI is InChI=1S/C11H18O3/c1-9(8-12)10-4-2-3-5-11(10)13-6-7-14-11/h8-10H,2-7H2,1H3. The molecular formula is C11H18O3. The zero-order valence-corrected chi connectivity index (χ0v) is 8.70. The lowest BCUT2D eigenvalue weighted by Gasteiger charge is -2.41. The number of ether oxygens (including phenoxy) is 2. The molecular weight excluding hydrogens is 180 g/mol. The minimum Gasteiger partial charge on any atom is -0.347 e. The molecule has 3 heteroatoms. The summed E-state index contributed by atoms with van der Waals surface area (Å²) in [6, 6.07) is 0. The molecule has 0 amide bonds. The van der Waals surface area contributed by atoms with Crippen LogP contribution in [-0.4, -0.2) is 25.3 Å². The normalized spacial score (nSPS) is 33.1. The Morgan fingerprint density at radius 2 is 2.07 bits per heavy atom. The molecule has 3 nitrogen and oxygen atoms in total. The molecule has 1 spiro atoms. The maximum atomic E-state index is 10.8. The number of hydrogen-bond donors (Lipinski definition) is 0. The third kappa shape index (κ3) is 1.59. The van der Waals surface area contributed by atoms with Gasteiger partial charge in [0.1, 0.15) is 6.29 Å². The average Bonchev–Trinajstić information content (AvgIpc) is 2.67. The van der Waals surface area contributed by atoms with Gasteiger partial charge in [0.15, 0.2) is 5.79 Å². The van der Waals surface area contributed by atoms with Crippen molar-refractivity contribution in [1.82, 2.24) is 0 Å². The molecule has 0 aromatic carbocycles. The molecule has 80 valence electrons. The van der Waals surface area contributed by atoms with Crippen LogP contribution in [0, 0.1) is 11.8 Å². The van der Waals surface area contributed by atoms with E-state index in [4.69, 9.17) is 9.47 Å². The second kappa shape index (κ2) is 3.99. The van der Waals surface area contributed by atoms with Crippen LogP contribution < -0.4 is 0 Å². The van der Waals surface area contributed by atoms with Gasteiger partial charge in [0.05, 0.1) is 13.2 Å². The summed E-state index contributed by atoms with van der Waals surface area (Å²) in [5.74, 6) is -0.108. The Morgan fingerprint density at radius 1 is 1.36 bits per heavy atom. The maximum Gasteiger partial charge on any atom is 0.171 e. The summed E-state index contributed by atoms with van der Waals surface area (Å²) in [7, 11) is 0. The third-order valence-corrected chi connectivity index (χ3v) is 3.48. The fourth-order valence-corrected chi connectivity index (χ4v) is 2.73. The monoisotopic (exact) mass is 198 g/mol. The van der Waals surface area contributed by atoms with Crippen molar-refractivity contribution in [1.29, 1.82) is 0 Å². The summed E-state index contributed by atoms with van der Waals surface area (Å²) in [6.45, 7) is 3.33. The molecule has 2 fully saturated rings. The molecule has 1 saturated heterocycles. The number of carbonyl (C=O) groups is 1. The molecule has 0 bridgehead atoms. The fraction of sp³-hybridized carbons (Fsp3) is 0.909. The molecule has 2 aliphatic rings. The summed E-state index contributed by atoms with van der Waals surface area (Å²) in [5.41, 5.74) is 0. The Kier molecular flexibility index (Phi) is 2.88. The summed E-state index contributed by atoms with van der Waals surface area (Å²) in [6.07, 6.45) is 5.39. The van der Waals surface area contributed by atoms with Crippen molar-refractivity contribution in [3.05, 3.63) is 0 Å². The van der Waals surface area contributed by atoms with E-state index in [1.54, 1.807) is 0 Å². The van der Waals surface area contributed by atoms with E-state index in [0.29, 0.717) is 13.2 Å². The van der Waals surface area contributed by atoms with Crippen LogP contribution in [0.25, 0.3) is 0 Å².